The van der Waals surface area contributed by atoms with Gasteiger partial charge >= 0.3 is 23.9 Å². The highest BCUT2D eigenvalue weighted by Gasteiger charge is 2.43. The smallest absolute Gasteiger partial charge is 0.303 e. The van der Waals surface area contributed by atoms with Crippen molar-refractivity contribution in [3.05, 3.63) is 0 Å². The van der Waals surface area contributed by atoms with Gasteiger partial charge in [-0.3, -0.25) is 24.0 Å². The zero-order valence-corrected chi connectivity index (χ0v) is 14.3. The molecule has 0 aromatic heterocycles. The van der Waals surface area contributed by atoms with Crippen LogP contribution in [0.5, 0.6) is 0 Å². The van der Waals surface area contributed by atoms with E-state index >= 15 is 0 Å². The minimum Gasteiger partial charge on any atom is -0.458 e. The molecule has 0 unspecified atom stereocenters. The van der Waals surface area contributed by atoms with Gasteiger partial charge in [-0.05, 0) is 0 Å². The number of hydrogen-bond donors (Lipinski definition) is 0. The summed E-state index contributed by atoms with van der Waals surface area (Å²) in [7, 11) is 0. The van der Waals surface area contributed by atoms with Crippen LogP contribution in [-0.4, -0.2) is 60.9 Å². The molecule has 0 heterocycles. The van der Waals surface area contributed by atoms with Crippen LogP contribution in [-0.2, 0) is 47.7 Å². The molecule has 4 atom stereocenters. The quantitative estimate of drug-likeness (QED) is 0.284. The molecule has 10 nitrogen and oxygen atoms in total. The van der Waals surface area contributed by atoms with E-state index in [-0.39, 0.29) is 6.29 Å². The lowest BCUT2D eigenvalue weighted by Crippen LogP contribution is -2.52. The van der Waals surface area contributed by atoms with Gasteiger partial charge < -0.3 is 23.7 Å². The van der Waals surface area contributed by atoms with Crippen molar-refractivity contribution in [1.82, 2.24) is 0 Å². The molecule has 0 amide bonds. The van der Waals surface area contributed by atoms with Gasteiger partial charge in [0.05, 0.1) is 0 Å². The number of esters is 4. The maximum atomic E-state index is 11.4. The molecule has 10 heteroatoms. The molecular weight excluding hydrogens is 340 g/mol. The molecule has 0 fully saturated rings. The molecule has 0 saturated heterocycles. The van der Waals surface area contributed by atoms with Gasteiger partial charge in [0, 0.05) is 34.1 Å². The van der Waals surface area contributed by atoms with E-state index in [1.807, 2.05) is 0 Å². The van der Waals surface area contributed by atoms with Crippen molar-refractivity contribution in [2.24, 2.45) is 0 Å². The summed E-state index contributed by atoms with van der Waals surface area (Å²) < 4.78 is 19.6. The summed E-state index contributed by atoms with van der Waals surface area (Å²) in [5.41, 5.74) is 0. The number of ether oxygens (including phenoxy) is 4. The van der Waals surface area contributed by atoms with Gasteiger partial charge in [0.1, 0.15) is 12.4 Å². The number of carbonyl (C=O) groups excluding carboxylic acids is 6. The first-order chi connectivity index (χ1) is 11.6. The normalized spacial score (nSPS) is 14.9. The first kappa shape index (κ1) is 22.2. The second kappa shape index (κ2) is 10.9. The first-order valence-electron chi connectivity index (χ1n) is 7.20. The van der Waals surface area contributed by atoms with Gasteiger partial charge in [-0.15, -0.1) is 0 Å². The Morgan fingerprint density at radius 1 is 0.720 bits per heavy atom. The number of rotatable bonds is 10. The second-order valence-corrected chi connectivity index (χ2v) is 4.91. The lowest BCUT2D eigenvalue weighted by Gasteiger charge is -2.33. The molecule has 0 radical (unpaired) electrons. The number of aldehydes is 2. The van der Waals surface area contributed by atoms with Crippen LogP contribution in [0.15, 0.2) is 0 Å². The highest BCUT2D eigenvalue weighted by molar-refractivity contribution is 5.72. The van der Waals surface area contributed by atoms with Crippen molar-refractivity contribution in [2.45, 2.75) is 58.5 Å². The van der Waals surface area contributed by atoms with Crippen LogP contribution in [0.3, 0.4) is 0 Å². The van der Waals surface area contributed by atoms with E-state index in [0.29, 0.717) is 6.29 Å². The number of hydrogen-bond acceptors (Lipinski definition) is 10. The predicted octanol–water partition coefficient (Wildman–Crippen LogP) is -0.499. The van der Waals surface area contributed by atoms with Crippen LogP contribution in [0.25, 0.3) is 0 Å². The maximum Gasteiger partial charge on any atom is 0.303 e. The third kappa shape index (κ3) is 8.58. The Bertz CT molecular complexity index is 526. The van der Waals surface area contributed by atoms with Crippen molar-refractivity contribution < 1.29 is 47.7 Å². The monoisotopic (exact) mass is 360 g/mol. The number of carbonyl (C=O) groups is 6. The van der Waals surface area contributed by atoms with Crippen LogP contribution in [0.1, 0.15) is 34.1 Å². The Morgan fingerprint density at radius 2 is 1.16 bits per heavy atom. The highest BCUT2D eigenvalue weighted by atomic mass is 16.6. The summed E-state index contributed by atoms with van der Waals surface area (Å²) in [6.45, 7) is 4.09. The molecule has 0 aliphatic rings. The Kier molecular flexibility index (Phi) is 9.68. The molecule has 0 spiro atoms. The topological polar surface area (TPSA) is 139 Å². The average molecular weight is 360 g/mol. The average Bonchev–Trinajstić information content (AvgIpc) is 2.47. The summed E-state index contributed by atoms with van der Waals surface area (Å²) in [5.74, 6) is -3.41. The summed E-state index contributed by atoms with van der Waals surface area (Å²) in [6, 6.07) is 0. The van der Waals surface area contributed by atoms with Gasteiger partial charge in [-0.2, -0.15) is 0 Å². The van der Waals surface area contributed by atoms with Crippen molar-refractivity contribution >= 4 is 36.4 Å². The van der Waals surface area contributed by atoms with Crippen LogP contribution in [0.2, 0.25) is 0 Å². The summed E-state index contributed by atoms with van der Waals surface area (Å²) in [5, 5.41) is 0. The summed E-state index contributed by atoms with van der Waals surface area (Å²) in [4.78, 5) is 67.3. The maximum absolute atomic E-state index is 11.4. The standard InChI is InChI=1S/C15H20O10/c1-8(18)22-12(5-6-16)14(24-10(3)20)15(25-11(4)21)13(7-17)23-9(2)19/h6-7,12-15H,5H2,1-4H3/t12-,13+,14+,15-/m1/s1. The molecule has 0 aliphatic carbocycles. The molecule has 0 aromatic carbocycles. The molecule has 0 aromatic rings. The van der Waals surface area contributed by atoms with E-state index in [4.69, 9.17) is 18.9 Å². The second-order valence-electron chi connectivity index (χ2n) is 4.91. The van der Waals surface area contributed by atoms with Gasteiger partial charge in [0.2, 0.25) is 0 Å². The summed E-state index contributed by atoms with van der Waals surface area (Å²) >= 11 is 0. The highest BCUT2D eigenvalue weighted by Crippen LogP contribution is 2.20. The third-order valence-electron chi connectivity index (χ3n) is 2.70. The van der Waals surface area contributed by atoms with E-state index in [2.05, 4.69) is 0 Å². The largest absolute Gasteiger partial charge is 0.458 e. The molecule has 0 aliphatic heterocycles. The predicted molar refractivity (Wildman–Crippen MR) is 79.0 cm³/mol. The Balaban J connectivity index is 5.92. The van der Waals surface area contributed by atoms with Crippen molar-refractivity contribution in [3.63, 3.8) is 0 Å². The van der Waals surface area contributed by atoms with E-state index in [1.165, 1.54) is 0 Å². The molecule has 25 heavy (non-hydrogen) atoms. The van der Waals surface area contributed by atoms with E-state index < -0.39 is 54.7 Å². The van der Waals surface area contributed by atoms with Crippen molar-refractivity contribution in [2.75, 3.05) is 0 Å². The zero-order chi connectivity index (χ0) is 19.6. The van der Waals surface area contributed by atoms with Crippen LogP contribution >= 0.6 is 0 Å². The molecule has 0 N–H and O–H groups in total. The minimum atomic E-state index is -1.64. The zero-order valence-electron chi connectivity index (χ0n) is 14.3. The molecule has 0 saturated carbocycles. The van der Waals surface area contributed by atoms with E-state index in [0.717, 1.165) is 27.7 Å². The van der Waals surface area contributed by atoms with E-state index in [1.54, 1.807) is 0 Å². The molecular formula is C15H20O10. The molecule has 140 valence electrons. The molecule has 0 rings (SSSR count). The van der Waals surface area contributed by atoms with Gasteiger partial charge in [-0.1, -0.05) is 0 Å². The summed E-state index contributed by atoms with van der Waals surface area (Å²) in [6.07, 6.45) is -6.04. The van der Waals surface area contributed by atoms with Gasteiger partial charge in [0.25, 0.3) is 0 Å². The first-order valence-corrected chi connectivity index (χ1v) is 7.20. The minimum absolute atomic E-state index is 0.164. The Hall–Kier alpha value is -2.78. The fraction of sp³-hybridized carbons (Fsp3) is 0.600. The van der Waals surface area contributed by atoms with Gasteiger partial charge in [0.15, 0.2) is 24.6 Å². The Labute approximate surface area is 143 Å². The van der Waals surface area contributed by atoms with Crippen molar-refractivity contribution in [1.29, 1.82) is 0 Å². The fourth-order valence-corrected chi connectivity index (χ4v) is 1.98. The SMILES string of the molecule is CC(=O)O[C@H]([C@H](OC(C)=O)[C@H](C=O)OC(C)=O)[C@@H](CC=O)OC(C)=O. The van der Waals surface area contributed by atoms with Crippen LogP contribution in [0, 0.1) is 0 Å². The van der Waals surface area contributed by atoms with Gasteiger partial charge in [-0.25, -0.2) is 0 Å². The molecule has 0 bridgehead atoms. The van der Waals surface area contributed by atoms with E-state index in [9.17, 15) is 28.8 Å². The van der Waals surface area contributed by atoms with Crippen LogP contribution in [0.4, 0.5) is 0 Å². The fourth-order valence-electron chi connectivity index (χ4n) is 1.98. The third-order valence-corrected chi connectivity index (χ3v) is 2.70. The lowest BCUT2D eigenvalue weighted by molar-refractivity contribution is -0.197. The Morgan fingerprint density at radius 3 is 1.52 bits per heavy atom. The van der Waals surface area contributed by atoms with Crippen molar-refractivity contribution in [3.8, 4) is 0 Å². The lowest BCUT2D eigenvalue weighted by atomic mass is 10.0. The van der Waals surface area contributed by atoms with Crippen LogP contribution < -0.4 is 0 Å².